The van der Waals surface area contributed by atoms with E-state index in [1.54, 1.807) is 0 Å². The largest absolute Gasteiger partial charge is 0.380 e. The van der Waals surface area contributed by atoms with Crippen LogP contribution in [0.2, 0.25) is 0 Å². The van der Waals surface area contributed by atoms with Crippen LogP contribution >= 0.6 is 0 Å². The van der Waals surface area contributed by atoms with Gasteiger partial charge in [0, 0.05) is 30.0 Å². The average Bonchev–Trinajstić information content (AvgIpc) is 2.25. The minimum absolute atomic E-state index is 0.309. The first-order valence-electron chi connectivity index (χ1n) is 6.20. The first-order chi connectivity index (χ1) is 7.72. The van der Waals surface area contributed by atoms with Crippen LogP contribution in [-0.4, -0.2) is 17.1 Å². The van der Waals surface area contributed by atoms with E-state index in [4.69, 9.17) is 0 Å². The van der Waals surface area contributed by atoms with Crippen molar-refractivity contribution in [3.63, 3.8) is 0 Å². The molecule has 0 amide bonds. The molecule has 0 atom stereocenters. The van der Waals surface area contributed by atoms with Crippen molar-refractivity contribution < 1.29 is 0 Å². The van der Waals surface area contributed by atoms with Crippen LogP contribution < -0.4 is 10.6 Å². The zero-order valence-electron chi connectivity index (χ0n) is 10.2. The molecule has 1 heterocycles. The normalized spacial score (nSPS) is 17.6. The molecule has 1 aromatic rings. The number of pyridine rings is 1. The molecular weight excluding hydrogens is 198 g/mol. The van der Waals surface area contributed by atoms with E-state index in [2.05, 4.69) is 35.5 Å². The van der Waals surface area contributed by atoms with Crippen molar-refractivity contribution in [2.45, 2.75) is 45.1 Å². The minimum Gasteiger partial charge on any atom is -0.380 e. The summed E-state index contributed by atoms with van der Waals surface area (Å²) in [6, 6.07) is 4.14. The van der Waals surface area contributed by atoms with E-state index < -0.39 is 0 Å². The Morgan fingerprint density at radius 3 is 2.88 bits per heavy atom. The van der Waals surface area contributed by atoms with Gasteiger partial charge in [-0.2, -0.15) is 0 Å². The quantitative estimate of drug-likeness (QED) is 0.798. The first kappa shape index (κ1) is 11.2. The zero-order chi connectivity index (χ0) is 11.4. The molecule has 1 aliphatic carbocycles. The monoisotopic (exact) mass is 219 g/mol. The second-order valence-electron chi connectivity index (χ2n) is 4.90. The molecule has 1 fully saturated rings. The Labute approximate surface area is 97.7 Å². The van der Waals surface area contributed by atoms with Gasteiger partial charge in [-0.3, -0.25) is 0 Å². The molecule has 0 aromatic carbocycles. The Kier molecular flexibility index (Phi) is 3.32. The number of nitrogens with one attached hydrogen (secondary N) is 2. The summed E-state index contributed by atoms with van der Waals surface area (Å²) in [5.74, 6) is 0.967. The number of hydrogen-bond acceptors (Lipinski definition) is 3. The summed E-state index contributed by atoms with van der Waals surface area (Å²) in [6.45, 7) is 5.42. The van der Waals surface area contributed by atoms with Gasteiger partial charge in [-0.1, -0.05) is 6.92 Å². The van der Waals surface area contributed by atoms with Gasteiger partial charge in [0.1, 0.15) is 5.82 Å². The molecule has 2 rings (SSSR count). The standard InChI is InChI=1S/C13H21N3/c1-3-8-14-12-10-11(5-9-15-12)16-13(2)6-4-7-13/h5,9-10H,3-4,6-8H2,1-2H3,(H2,14,15,16). The Hall–Kier alpha value is -1.25. The van der Waals surface area contributed by atoms with Gasteiger partial charge in [0.15, 0.2) is 0 Å². The van der Waals surface area contributed by atoms with Crippen LogP contribution in [0.15, 0.2) is 18.3 Å². The molecule has 2 N–H and O–H groups in total. The second-order valence-corrected chi connectivity index (χ2v) is 4.90. The molecule has 0 radical (unpaired) electrons. The number of rotatable bonds is 5. The van der Waals surface area contributed by atoms with Crippen LogP contribution in [0.4, 0.5) is 11.5 Å². The summed E-state index contributed by atoms with van der Waals surface area (Å²) in [5.41, 5.74) is 1.49. The van der Waals surface area contributed by atoms with Crippen LogP contribution in [0.3, 0.4) is 0 Å². The van der Waals surface area contributed by atoms with Crippen molar-refractivity contribution in [1.82, 2.24) is 4.98 Å². The van der Waals surface area contributed by atoms with Crippen molar-refractivity contribution in [3.8, 4) is 0 Å². The number of anilines is 2. The molecule has 1 aliphatic rings. The molecule has 0 spiro atoms. The van der Waals surface area contributed by atoms with Gasteiger partial charge in [-0.15, -0.1) is 0 Å². The third kappa shape index (κ3) is 2.65. The predicted molar refractivity (Wildman–Crippen MR) is 68.9 cm³/mol. The van der Waals surface area contributed by atoms with E-state index in [1.165, 1.54) is 24.9 Å². The second kappa shape index (κ2) is 4.73. The van der Waals surface area contributed by atoms with Crippen molar-refractivity contribution in [1.29, 1.82) is 0 Å². The predicted octanol–water partition coefficient (Wildman–Crippen LogP) is 3.26. The van der Waals surface area contributed by atoms with E-state index in [-0.39, 0.29) is 0 Å². The number of aromatic nitrogens is 1. The minimum atomic E-state index is 0.309. The highest BCUT2D eigenvalue weighted by molar-refractivity contribution is 5.53. The molecule has 0 unspecified atom stereocenters. The van der Waals surface area contributed by atoms with E-state index in [0.717, 1.165) is 18.8 Å². The van der Waals surface area contributed by atoms with Gasteiger partial charge in [0.25, 0.3) is 0 Å². The molecule has 1 saturated carbocycles. The Balaban J connectivity index is 1.98. The lowest BCUT2D eigenvalue weighted by molar-refractivity contribution is 0.306. The Morgan fingerprint density at radius 1 is 1.44 bits per heavy atom. The summed E-state index contributed by atoms with van der Waals surface area (Å²) >= 11 is 0. The SMILES string of the molecule is CCCNc1cc(NC2(C)CCC2)ccn1. The van der Waals surface area contributed by atoms with E-state index >= 15 is 0 Å². The third-order valence-electron chi connectivity index (χ3n) is 3.22. The lowest BCUT2D eigenvalue weighted by Crippen LogP contribution is -2.41. The molecule has 0 aliphatic heterocycles. The van der Waals surface area contributed by atoms with Crippen LogP contribution in [0.5, 0.6) is 0 Å². The van der Waals surface area contributed by atoms with Gasteiger partial charge < -0.3 is 10.6 Å². The fraction of sp³-hybridized carbons (Fsp3) is 0.615. The Bertz CT molecular complexity index is 345. The molecule has 0 saturated heterocycles. The smallest absolute Gasteiger partial charge is 0.127 e. The molecule has 3 nitrogen and oxygen atoms in total. The highest BCUT2D eigenvalue weighted by Crippen LogP contribution is 2.34. The first-order valence-corrected chi connectivity index (χ1v) is 6.20. The van der Waals surface area contributed by atoms with Crippen molar-refractivity contribution >= 4 is 11.5 Å². The van der Waals surface area contributed by atoms with Crippen LogP contribution in [0.25, 0.3) is 0 Å². The zero-order valence-corrected chi connectivity index (χ0v) is 10.2. The summed E-state index contributed by atoms with van der Waals surface area (Å²) in [4.78, 5) is 4.30. The molecule has 88 valence electrons. The van der Waals surface area contributed by atoms with Crippen molar-refractivity contribution in [2.75, 3.05) is 17.2 Å². The van der Waals surface area contributed by atoms with Gasteiger partial charge >= 0.3 is 0 Å². The highest BCUT2D eigenvalue weighted by Gasteiger charge is 2.31. The fourth-order valence-corrected chi connectivity index (χ4v) is 2.04. The van der Waals surface area contributed by atoms with E-state index in [9.17, 15) is 0 Å². The third-order valence-corrected chi connectivity index (χ3v) is 3.22. The maximum Gasteiger partial charge on any atom is 0.127 e. The topological polar surface area (TPSA) is 37.0 Å². The van der Waals surface area contributed by atoms with Crippen LogP contribution in [-0.2, 0) is 0 Å². The van der Waals surface area contributed by atoms with Gasteiger partial charge in [0.05, 0.1) is 0 Å². The van der Waals surface area contributed by atoms with E-state index in [0.29, 0.717) is 5.54 Å². The molecule has 16 heavy (non-hydrogen) atoms. The van der Waals surface area contributed by atoms with Gasteiger partial charge in [0.2, 0.25) is 0 Å². The van der Waals surface area contributed by atoms with Gasteiger partial charge in [-0.05, 0) is 38.7 Å². The van der Waals surface area contributed by atoms with Crippen molar-refractivity contribution in [3.05, 3.63) is 18.3 Å². The van der Waals surface area contributed by atoms with Crippen molar-refractivity contribution in [2.24, 2.45) is 0 Å². The average molecular weight is 219 g/mol. The highest BCUT2D eigenvalue weighted by atomic mass is 15.0. The maximum atomic E-state index is 4.30. The molecule has 1 aromatic heterocycles. The molecule has 3 heteroatoms. The molecule has 0 bridgehead atoms. The maximum absolute atomic E-state index is 4.30. The molecular formula is C13H21N3. The summed E-state index contributed by atoms with van der Waals surface area (Å²) in [6.07, 6.45) is 6.87. The summed E-state index contributed by atoms with van der Waals surface area (Å²) in [7, 11) is 0. The van der Waals surface area contributed by atoms with Crippen LogP contribution in [0, 0.1) is 0 Å². The summed E-state index contributed by atoms with van der Waals surface area (Å²) < 4.78 is 0. The Morgan fingerprint density at radius 2 is 2.25 bits per heavy atom. The lowest BCUT2D eigenvalue weighted by atomic mass is 9.78. The summed E-state index contributed by atoms with van der Waals surface area (Å²) in [5, 5.41) is 6.90. The fourth-order valence-electron chi connectivity index (χ4n) is 2.04. The van der Waals surface area contributed by atoms with Gasteiger partial charge in [-0.25, -0.2) is 4.98 Å². The lowest BCUT2D eigenvalue weighted by Gasteiger charge is -2.40. The van der Waals surface area contributed by atoms with E-state index in [1.807, 2.05) is 12.3 Å². The van der Waals surface area contributed by atoms with Crippen LogP contribution in [0.1, 0.15) is 39.5 Å². The number of hydrogen-bond donors (Lipinski definition) is 2. The number of nitrogens with zero attached hydrogens (tertiary/aromatic N) is 1.